The maximum absolute atomic E-state index is 5.98. The first kappa shape index (κ1) is 12.6. The van der Waals surface area contributed by atoms with E-state index in [1.807, 2.05) is 6.07 Å². The molecule has 1 heterocycles. The maximum atomic E-state index is 5.98. The zero-order valence-electron chi connectivity index (χ0n) is 9.98. The topological polar surface area (TPSA) is 53.1 Å². The summed E-state index contributed by atoms with van der Waals surface area (Å²) in [6.07, 6.45) is 0.929. The molecule has 5 heteroatoms. The minimum atomic E-state index is 0.292. The normalized spacial score (nSPS) is 13.1. The summed E-state index contributed by atoms with van der Waals surface area (Å²) in [5.41, 5.74) is 8.03. The van der Waals surface area contributed by atoms with Crippen molar-refractivity contribution < 1.29 is 4.74 Å². The fourth-order valence-corrected chi connectivity index (χ4v) is 2.45. The number of hydrogen-bond acceptors (Lipinski definition) is 3. The van der Waals surface area contributed by atoms with Gasteiger partial charge in [-0.25, -0.2) is 4.98 Å². The molecular weight excluding hydrogens is 329 g/mol. The highest BCUT2D eigenvalue weighted by Gasteiger charge is 2.13. The SMILES string of the molecule is COCCC(C)n1c(N)nc2cc(I)ccc21. The van der Waals surface area contributed by atoms with Crippen LogP contribution < -0.4 is 5.73 Å². The van der Waals surface area contributed by atoms with Crippen LogP contribution in [0.5, 0.6) is 0 Å². The first-order valence-corrected chi connectivity index (χ1v) is 6.63. The molecule has 0 amide bonds. The zero-order valence-corrected chi connectivity index (χ0v) is 12.1. The summed E-state index contributed by atoms with van der Waals surface area (Å²) < 4.78 is 8.35. The summed E-state index contributed by atoms with van der Waals surface area (Å²) in [5, 5.41) is 0. The Morgan fingerprint density at radius 1 is 1.53 bits per heavy atom. The molecule has 1 aromatic carbocycles. The minimum absolute atomic E-state index is 0.292. The monoisotopic (exact) mass is 345 g/mol. The average Bonchev–Trinajstić information content (AvgIpc) is 2.61. The lowest BCUT2D eigenvalue weighted by Gasteiger charge is -2.15. The molecule has 0 aliphatic rings. The fraction of sp³-hybridized carbons (Fsp3) is 0.417. The Morgan fingerprint density at radius 2 is 2.29 bits per heavy atom. The fourth-order valence-electron chi connectivity index (χ4n) is 1.97. The Kier molecular flexibility index (Phi) is 3.88. The highest BCUT2D eigenvalue weighted by atomic mass is 127. The molecule has 0 aliphatic heterocycles. The van der Waals surface area contributed by atoms with Crippen molar-refractivity contribution in [1.29, 1.82) is 0 Å². The lowest BCUT2D eigenvalue weighted by Crippen LogP contribution is -2.10. The summed E-state index contributed by atoms with van der Waals surface area (Å²) in [4.78, 5) is 4.40. The number of benzene rings is 1. The Labute approximate surface area is 114 Å². The van der Waals surface area contributed by atoms with E-state index in [-0.39, 0.29) is 0 Å². The quantitative estimate of drug-likeness (QED) is 0.867. The van der Waals surface area contributed by atoms with Gasteiger partial charge in [0.15, 0.2) is 0 Å². The number of imidazole rings is 1. The number of nitrogens with zero attached hydrogens (tertiary/aromatic N) is 2. The van der Waals surface area contributed by atoms with E-state index in [9.17, 15) is 0 Å². The maximum Gasteiger partial charge on any atom is 0.201 e. The molecule has 2 N–H and O–H groups in total. The molecule has 0 saturated carbocycles. The number of hydrogen-bond donors (Lipinski definition) is 1. The molecule has 1 unspecified atom stereocenters. The molecule has 1 atom stereocenters. The Bertz CT molecular complexity index is 524. The zero-order chi connectivity index (χ0) is 12.4. The molecule has 2 aromatic rings. The molecule has 0 bridgehead atoms. The van der Waals surface area contributed by atoms with Crippen molar-refractivity contribution in [2.75, 3.05) is 19.5 Å². The molecule has 0 spiro atoms. The van der Waals surface area contributed by atoms with Crippen molar-refractivity contribution >= 4 is 39.6 Å². The number of aromatic nitrogens is 2. The van der Waals surface area contributed by atoms with Crippen molar-refractivity contribution in [1.82, 2.24) is 9.55 Å². The van der Waals surface area contributed by atoms with Crippen LogP contribution in [0.25, 0.3) is 11.0 Å². The minimum Gasteiger partial charge on any atom is -0.385 e. The van der Waals surface area contributed by atoms with Gasteiger partial charge in [0.25, 0.3) is 0 Å². The van der Waals surface area contributed by atoms with Crippen molar-refractivity contribution in [3.63, 3.8) is 0 Å². The lowest BCUT2D eigenvalue weighted by atomic mass is 10.2. The van der Waals surface area contributed by atoms with Crippen LogP contribution in [0.4, 0.5) is 5.95 Å². The van der Waals surface area contributed by atoms with E-state index in [2.05, 4.69) is 51.2 Å². The Morgan fingerprint density at radius 3 is 3.00 bits per heavy atom. The summed E-state index contributed by atoms with van der Waals surface area (Å²) in [7, 11) is 1.71. The second-order valence-electron chi connectivity index (χ2n) is 4.10. The average molecular weight is 345 g/mol. The summed E-state index contributed by atoms with van der Waals surface area (Å²) >= 11 is 2.28. The lowest BCUT2D eigenvalue weighted by molar-refractivity contribution is 0.182. The standard InChI is InChI=1S/C12H16IN3O/c1-8(5-6-17-2)16-11-4-3-9(13)7-10(11)15-12(16)14/h3-4,7-8H,5-6H2,1-2H3,(H2,14,15). The predicted octanol–water partition coefficient (Wildman–Crippen LogP) is 2.82. The number of halogens is 1. The number of fused-ring (bicyclic) bond motifs is 1. The van der Waals surface area contributed by atoms with Crippen LogP contribution in [-0.2, 0) is 4.74 Å². The first-order chi connectivity index (χ1) is 8.13. The first-order valence-electron chi connectivity index (χ1n) is 5.55. The number of ether oxygens (including phenoxy) is 1. The number of anilines is 1. The van der Waals surface area contributed by atoms with Crippen LogP contribution >= 0.6 is 22.6 Å². The molecule has 17 heavy (non-hydrogen) atoms. The van der Waals surface area contributed by atoms with Crippen molar-refractivity contribution in [3.8, 4) is 0 Å². The number of rotatable bonds is 4. The summed E-state index contributed by atoms with van der Waals surface area (Å²) in [6, 6.07) is 6.49. The molecule has 0 saturated heterocycles. The third-order valence-corrected chi connectivity index (χ3v) is 3.53. The van der Waals surface area contributed by atoms with Crippen molar-refractivity contribution in [3.05, 3.63) is 21.8 Å². The highest BCUT2D eigenvalue weighted by molar-refractivity contribution is 14.1. The van der Waals surface area contributed by atoms with Gasteiger partial charge in [-0.15, -0.1) is 0 Å². The Balaban J connectivity index is 2.42. The second-order valence-corrected chi connectivity index (χ2v) is 5.35. The molecule has 2 rings (SSSR count). The van der Waals surface area contributed by atoms with E-state index in [1.165, 1.54) is 3.57 Å². The van der Waals surface area contributed by atoms with Crippen LogP contribution in [0, 0.1) is 3.57 Å². The van der Waals surface area contributed by atoms with E-state index >= 15 is 0 Å². The molecule has 0 radical (unpaired) electrons. The van der Waals surface area contributed by atoms with Gasteiger partial charge < -0.3 is 15.0 Å². The Hall–Kier alpha value is -0.820. The van der Waals surface area contributed by atoms with Gasteiger partial charge in [-0.3, -0.25) is 0 Å². The molecule has 92 valence electrons. The summed E-state index contributed by atoms with van der Waals surface area (Å²) in [6.45, 7) is 2.86. The van der Waals surface area contributed by atoms with Gasteiger partial charge in [0.05, 0.1) is 11.0 Å². The third-order valence-electron chi connectivity index (χ3n) is 2.86. The molecule has 0 fully saturated rings. The van der Waals surface area contributed by atoms with Gasteiger partial charge >= 0.3 is 0 Å². The van der Waals surface area contributed by atoms with Gasteiger partial charge in [-0.2, -0.15) is 0 Å². The number of nitrogens with two attached hydrogens (primary N) is 1. The summed E-state index contributed by atoms with van der Waals surface area (Å²) in [5.74, 6) is 0.575. The molecule has 4 nitrogen and oxygen atoms in total. The van der Waals surface area contributed by atoms with E-state index in [0.717, 1.165) is 24.1 Å². The number of methoxy groups -OCH3 is 1. The van der Waals surface area contributed by atoms with Gasteiger partial charge in [0, 0.05) is 23.3 Å². The predicted molar refractivity (Wildman–Crippen MR) is 78.1 cm³/mol. The highest BCUT2D eigenvalue weighted by Crippen LogP contribution is 2.25. The van der Waals surface area contributed by atoms with Crippen LogP contribution in [0.15, 0.2) is 18.2 Å². The van der Waals surface area contributed by atoms with Crippen LogP contribution in [0.3, 0.4) is 0 Å². The van der Waals surface area contributed by atoms with E-state index in [1.54, 1.807) is 7.11 Å². The third kappa shape index (κ3) is 2.55. The van der Waals surface area contributed by atoms with Crippen molar-refractivity contribution in [2.45, 2.75) is 19.4 Å². The van der Waals surface area contributed by atoms with Crippen LogP contribution in [0.1, 0.15) is 19.4 Å². The van der Waals surface area contributed by atoms with E-state index in [4.69, 9.17) is 10.5 Å². The molecular formula is C12H16IN3O. The molecule has 1 aromatic heterocycles. The van der Waals surface area contributed by atoms with Crippen LogP contribution in [0.2, 0.25) is 0 Å². The van der Waals surface area contributed by atoms with Crippen molar-refractivity contribution in [2.24, 2.45) is 0 Å². The van der Waals surface area contributed by atoms with E-state index in [0.29, 0.717) is 12.0 Å². The van der Waals surface area contributed by atoms with Gasteiger partial charge in [-0.1, -0.05) is 0 Å². The molecule has 0 aliphatic carbocycles. The smallest absolute Gasteiger partial charge is 0.201 e. The van der Waals surface area contributed by atoms with Crippen LogP contribution in [-0.4, -0.2) is 23.3 Å². The number of nitrogen functional groups attached to an aromatic ring is 1. The largest absolute Gasteiger partial charge is 0.385 e. The second kappa shape index (κ2) is 5.22. The van der Waals surface area contributed by atoms with Gasteiger partial charge in [0.1, 0.15) is 0 Å². The van der Waals surface area contributed by atoms with Gasteiger partial charge in [-0.05, 0) is 54.1 Å². The van der Waals surface area contributed by atoms with Gasteiger partial charge in [0.2, 0.25) is 5.95 Å². The van der Waals surface area contributed by atoms with E-state index < -0.39 is 0 Å².